The highest BCUT2D eigenvalue weighted by atomic mass is 35.5. The molecule has 3 heterocycles. The van der Waals surface area contributed by atoms with Gasteiger partial charge in [-0.3, -0.25) is 13.9 Å². The van der Waals surface area contributed by atoms with Crippen molar-refractivity contribution >= 4 is 39.9 Å². The summed E-state index contributed by atoms with van der Waals surface area (Å²) in [6.45, 7) is 5.18. The van der Waals surface area contributed by atoms with Crippen molar-refractivity contribution < 1.29 is 22.7 Å². The van der Waals surface area contributed by atoms with Crippen LogP contribution < -0.4 is 20.1 Å². The quantitative estimate of drug-likeness (QED) is 0.523. The lowest BCUT2D eigenvalue weighted by Crippen LogP contribution is -2.58. The lowest BCUT2D eigenvalue weighted by molar-refractivity contribution is -0.139. The molecular weight excluding hydrogens is 564 g/mol. The fourth-order valence-electron chi connectivity index (χ4n) is 6.35. The normalized spacial score (nSPS) is 20.6. The van der Waals surface area contributed by atoms with Gasteiger partial charge in [0.05, 0.1) is 24.1 Å². The average Bonchev–Trinajstić information content (AvgIpc) is 3.08. The smallest absolute Gasteiger partial charge is 0.245 e. The lowest BCUT2D eigenvalue weighted by atomic mass is 9.74. The van der Waals surface area contributed by atoms with E-state index >= 15 is 0 Å². The number of nitrogens with two attached hydrogens (primary N) is 1. The van der Waals surface area contributed by atoms with Crippen molar-refractivity contribution in [1.29, 1.82) is 0 Å². The van der Waals surface area contributed by atoms with Crippen LogP contribution in [0.15, 0.2) is 48.5 Å². The summed E-state index contributed by atoms with van der Waals surface area (Å²) in [5.74, 6) is 0.552. The highest BCUT2D eigenvalue weighted by Crippen LogP contribution is 2.48. The Hall–Kier alpha value is -2.82. The SMILES string of the molecule is CC(C)(N)C(=O)NC(CC1CCOc2ccccc2C1)C(=O)N1CCC2(CC1)CN(S(C)(=O)=O)c1ccccc12.Cl. The van der Waals surface area contributed by atoms with Gasteiger partial charge in [-0.05, 0) is 75.1 Å². The summed E-state index contributed by atoms with van der Waals surface area (Å²) in [7, 11) is -3.42. The first-order valence-electron chi connectivity index (χ1n) is 14.0. The van der Waals surface area contributed by atoms with Gasteiger partial charge in [0.1, 0.15) is 11.8 Å². The molecule has 1 spiro atoms. The second-order valence-corrected chi connectivity index (χ2v) is 14.1. The van der Waals surface area contributed by atoms with Gasteiger partial charge in [-0.15, -0.1) is 12.4 Å². The Balaban J connectivity index is 0.00000387. The molecule has 2 aromatic carbocycles. The van der Waals surface area contributed by atoms with Gasteiger partial charge < -0.3 is 20.7 Å². The monoisotopic (exact) mass is 604 g/mol. The van der Waals surface area contributed by atoms with E-state index in [9.17, 15) is 18.0 Å². The van der Waals surface area contributed by atoms with Crippen molar-refractivity contribution in [2.24, 2.45) is 11.7 Å². The average molecular weight is 605 g/mol. The summed E-state index contributed by atoms with van der Waals surface area (Å²) in [5.41, 5.74) is 7.50. The number of ether oxygens (including phenoxy) is 1. The van der Waals surface area contributed by atoms with Gasteiger partial charge in [-0.1, -0.05) is 36.4 Å². The van der Waals surface area contributed by atoms with E-state index in [1.54, 1.807) is 13.8 Å². The minimum atomic E-state index is -3.42. The number of amides is 2. The number of piperidine rings is 1. The zero-order valence-electron chi connectivity index (χ0n) is 24.0. The molecule has 0 aromatic heterocycles. The molecule has 9 nitrogen and oxygen atoms in total. The van der Waals surface area contributed by atoms with Crippen LogP contribution in [-0.4, -0.2) is 69.2 Å². The molecule has 0 bridgehead atoms. The summed E-state index contributed by atoms with van der Waals surface area (Å²) >= 11 is 0. The second-order valence-electron chi connectivity index (χ2n) is 12.2. The zero-order chi connectivity index (χ0) is 28.7. The molecule has 2 aromatic rings. The van der Waals surface area contributed by atoms with Crippen molar-refractivity contribution in [1.82, 2.24) is 10.2 Å². The number of likely N-dealkylation sites (tertiary alicyclic amines) is 1. The molecule has 1 fully saturated rings. The molecule has 1 saturated heterocycles. The van der Waals surface area contributed by atoms with E-state index in [0.717, 1.165) is 35.4 Å². The van der Waals surface area contributed by atoms with Crippen molar-refractivity contribution in [3.63, 3.8) is 0 Å². The van der Waals surface area contributed by atoms with Crippen LogP contribution in [0.1, 0.15) is 50.7 Å². The van der Waals surface area contributed by atoms with Gasteiger partial charge >= 0.3 is 0 Å². The molecule has 2 amide bonds. The number of para-hydroxylation sites is 2. The summed E-state index contributed by atoms with van der Waals surface area (Å²) in [6.07, 6.45) is 4.57. The van der Waals surface area contributed by atoms with E-state index in [2.05, 4.69) is 11.4 Å². The Labute approximate surface area is 249 Å². The number of carbonyl (C=O) groups excluding carboxylic acids is 2. The maximum Gasteiger partial charge on any atom is 0.245 e. The second kappa shape index (κ2) is 11.8. The van der Waals surface area contributed by atoms with Gasteiger partial charge in [-0.2, -0.15) is 0 Å². The minimum absolute atomic E-state index is 0. The summed E-state index contributed by atoms with van der Waals surface area (Å²) < 4.78 is 32.6. The first-order chi connectivity index (χ1) is 18.9. The van der Waals surface area contributed by atoms with Gasteiger partial charge in [0.25, 0.3) is 0 Å². The number of carbonyl (C=O) groups is 2. The topological polar surface area (TPSA) is 122 Å². The van der Waals surface area contributed by atoms with E-state index in [-0.39, 0.29) is 35.6 Å². The van der Waals surface area contributed by atoms with Crippen molar-refractivity contribution in [2.75, 3.05) is 36.8 Å². The number of nitrogens with one attached hydrogen (secondary N) is 1. The Morgan fingerprint density at radius 3 is 2.46 bits per heavy atom. The number of fused-ring (bicyclic) bond motifs is 3. The third-order valence-corrected chi connectivity index (χ3v) is 9.77. The van der Waals surface area contributed by atoms with Gasteiger partial charge in [-0.25, -0.2) is 8.42 Å². The number of hydrogen-bond acceptors (Lipinski definition) is 6. The van der Waals surface area contributed by atoms with Crippen molar-refractivity contribution in [3.8, 4) is 5.75 Å². The molecule has 5 rings (SSSR count). The molecule has 3 aliphatic heterocycles. The molecule has 2 atom stereocenters. The van der Waals surface area contributed by atoms with Crippen LogP contribution in [0.25, 0.3) is 0 Å². The number of hydrogen-bond donors (Lipinski definition) is 2. The van der Waals surface area contributed by atoms with Crippen LogP contribution in [0, 0.1) is 5.92 Å². The molecule has 0 radical (unpaired) electrons. The lowest BCUT2D eigenvalue weighted by Gasteiger charge is -2.41. The summed E-state index contributed by atoms with van der Waals surface area (Å²) in [5, 5.41) is 2.97. The standard InChI is InChI=1S/C30H40N4O5S.ClH/c1-29(2,31)28(36)32-24(19-21-12-17-39-26-11-7-4-8-22(26)18-21)27(35)33-15-13-30(14-16-33)20-34(40(3,37)38)25-10-6-5-9-23(25)30;/h4-11,21,24H,12-20,31H2,1-3H3,(H,32,36);1H. The molecule has 224 valence electrons. The highest BCUT2D eigenvalue weighted by Gasteiger charge is 2.48. The first kappa shape index (κ1) is 31.1. The van der Waals surface area contributed by atoms with E-state index in [0.29, 0.717) is 45.5 Å². The number of anilines is 1. The molecule has 0 aliphatic carbocycles. The van der Waals surface area contributed by atoms with Gasteiger partial charge in [0, 0.05) is 25.0 Å². The van der Waals surface area contributed by atoms with E-state index in [1.807, 2.05) is 47.4 Å². The summed E-state index contributed by atoms with van der Waals surface area (Å²) in [6, 6.07) is 14.9. The molecule has 3 N–H and O–H groups in total. The number of rotatable bonds is 6. The third-order valence-electron chi connectivity index (χ3n) is 8.65. The van der Waals surface area contributed by atoms with Crippen LogP contribution in [-0.2, 0) is 31.4 Å². The maximum atomic E-state index is 14.0. The zero-order valence-corrected chi connectivity index (χ0v) is 25.6. The van der Waals surface area contributed by atoms with Crippen molar-refractivity contribution in [3.05, 3.63) is 59.7 Å². The predicted molar refractivity (Wildman–Crippen MR) is 162 cm³/mol. The van der Waals surface area contributed by atoms with Gasteiger partial charge in [0.2, 0.25) is 21.8 Å². The minimum Gasteiger partial charge on any atom is -0.493 e. The van der Waals surface area contributed by atoms with E-state index < -0.39 is 21.6 Å². The molecule has 3 aliphatic rings. The summed E-state index contributed by atoms with van der Waals surface area (Å²) in [4.78, 5) is 28.7. The first-order valence-corrected chi connectivity index (χ1v) is 15.9. The molecular formula is C30H41ClN4O5S. The molecule has 11 heteroatoms. The third kappa shape index (κ3) is 6.49. The molecule has 0 saturated carbocycles. The van der Waals surface area contributed by atoms with Crippen LogP contribution >= 0.6 is 12.4 Å². The Bertz CT molecular complexity index is 1390. The number of benzene rings is 2. The number of sulfonamides is 1. The van der Waals surface area contributed by atoms with E-state index in [1.165, 1.54) is 10.6 Å². The predicted octanol–water partition coefficient (Wildman–Crippen LogP) is 3.00. The largest absolute Gasteiger partial charge is 0.493 e. The highest BCUT2D eigenvalue weighted by molar-refractivity contribution is 7.92. The number of halogens is 1. The fourth-order valence-corrected chi connectivity index (χ4v) is 7.34. The Morgan fingerprint density at radius 1 is 1.12 bits per heavy atom. The van der Waals surface area contributed by atoms with Gasteiger partial charge in [0.15, 0.2) is 0 Å². The molecule has 2 unspecified atom stereocenters. The van der Waals surface area contributed by atoms with Crippen LogP contribution in [0.5, 0.6) is 5.75 Å². The Morgan fingerprint density at radius 2 is 1.78 bits per heavy atom. The van der Waals surface area contributed by atoms with Crippen molar-refractivity contribution in [2.45, 2.75) is 62.9 Å². The number of nitrogens with zero attached hydrogens (tertiary/aromatic N) is 2. The Kier molecular flexibility index (Phi) is 8.97. The van der Waals surface area contributed by atoms with E-state index in [4.69, 9.17) is 10.5 Å². The maximum absolute atomic E-state index is 14.0. The molecule has 41 heavy (non-hydrogen) atoms. The van der Waals surface area contributed by atoms with Crippen LogP contribution in [0.2, 0.25) is 0 Å². The van der Waals surface area contributed by atoms with Crippen LogP contribution in [0.3, 0.4) is 0 Å². The van der Waals surface area contributed by atoms with Crippen LogP contribution in [0.4, 0.5) is 5.69 Å². The fraction of sp³-hybridized carbons (Fsp3) is 0.533.